The topological polar surface area (TPSA) is 30.7 Å². The van der Waals surface area contributed by atoms with Crippen molar-refractivity contribution in [3.63, 3.8) is 0 Å². The first-order valence-electron chi connectivity index (χ1n) is 4.73. The van der Waals surface area contributed by atoms with Crippen LogP contribution in [0.3, 0.4) is 0 Å². The number of benzene rings is 1. The van der Waals surface area contributed by atoms with E-state index in [9.17, 15) is 0 Å². The molecule has 1 aromatic heterocycles. The number of aryl methyl sites for hydroxylation is 1. The van der Waals surface area contributed by atoms with Crippen molar-refractivity contribution >= 4 is 11.6 Å². The molecular formula is C11H12ClN3. The number of rotatable bonds is 2. The monoisotopic (exact) mass is 221 g/mol. The van der Waals surface area contributed by atoms with Gasteiger partial charge in [0.05, 0.1) is 5.88 Å². The van der Waals surface area contributed by atoms with E-state index in [-0.39, 0.29) is 0 Å². The van der Waals surface area contributed by atoms with Crippen molar-refractivity contribution in [2.45, 2.75) is 12.8 Å². The SMILES string of the molecule is Cc1cccc(-c2nnc(CCl)n2C)c1. The van der Waals surface area contributed by atoms with Gasteiger partial charge in [-0.15, -0.1) is 21.8 Å². The number of hydrogen-bond acceptors (Lipinski definition) is 2. The van der Waals surface area contributed by atoms with Crippen LogP contribution in [0.4, 0.5) is 0 Å². The second-order valence-electron chi connectivity index (χ2n) is 3.50. The standard InChI is InChI=1S/C11H12ClN3/c1-8-4-3-5-9(6-8)11-14-13-10(7-12)15(11)2/h3-6H,7H2,1-2H3. The number of alkyl halides is 1. The molecule has 15 heavy (non-hydrogen) atoms. The normalized spacial score (nSPS) is 10.6. The van der Waals surface area contributed by atoms with E-state index in [1.165, 1.54) is 5.56 Å². The Hall–Kier alpha value is -1.35. The van der Waals surface area contributed by atoms with Crippen molar-refractivity contribution < 1.29 is 0 Å². The van der Waals surface area contributed by atoms with Crippen molar-refractivity contribution in [1.82, 2.24) is 14.8 Å². The summed E-state index contributed by atoms with van der Waals surface area (Å²) < 4.78 is 1.92. The molecule has 0 bridgehead atoms. The largest absolute Gasteiger partial charge is 0.313 e. The van der Waals surface area contributed by atoms with Crippen molar-refractivity contribution in [3.05, 3.63) is 35.7 Å². The van der Waals surface area contributed by atoms with Gasteiger partial charge in [0.15, 0.2) is 5.82 Å². The number of aromatic nitrogens is 3. The molecule has 0 unspecified atom stereocenters. The molecule has 2 aromatic rings. The Morgan fingerprint density at radius 3 is 2.73 bits per heavy atom. The Balaban J connectivity index is 2.49. The van der Waals surface area contributed by atoms with Crippen LogP contribution in [0.5, 0.6) is 0 Å². The second kappa shape index (κ2) is 4.03. The van der Waals surface area contributed by atoms with E-state index in [2.05, 4.69) is 29.3 Å². The van der Waals surface area contributed by atoms with Crippen LogP contribution in [0.15, 0.2) is 24.3 Å². The van der Waals surface area contributed by atoms with Crippen LogP contribution in [0.1, 0.15) is 11.4 Å². The molecule has 0 atom stereocenters. The van der Waals surface area contributed by atoms with Crippen LogP contribution in [0.2, 0.25) is 0 Å². The van der Waals surface area contributed by atoms with Gasteiger partial charge in [-0.05, 0) is 13.0 Å². The summed E-state index contributed by atoms with van der Waals surface area (Å²) >= 11 is 5.74. The van der Waals surface area contributed by atoms with Crippen LogP contribution >= 0.6 is 11.6 Å². The van der Waals surface area contributed by atoms with Gasteiger partial charge < -0.3 is 4.57 Å². The highest BCUT2D eigenvalue weighted by molar-refractivity contribution is 6.16. The third-order valence-corrected chi connectivity index (χ3v) is 2.60. The maximum atomic E-state index is 5.74. The zero-order valence-corrected chi connectivity index (χ0v) is 9.49. The second-order valence-corrected chi connectivity index (χ2v) is 3.77. The maximum absolute atomic E-state index is 5.74. The number of halogens is 1. The van der Waals surface area contributed by atoms with Crippen molar-refractivity contribution in [2.24, 2.45) is 7.05 Å². The zero-order chi connectivity index (χ0) is 10.8. The number of nitrogens with zero attached hydrogens (tertiary/aromatic N) is 3. The van der Waals surface area contributed by atoms with Gasteiger partial charge in [-0.25, -0.2) is 0 Å². The van der Waals surface area contributed by atoms with Gasteiger partial charge >= 0.3 is 0 Å². The van der Waals surface area contributed by atoms with Gasteiger partial charge in [-0.2, -0.15) is 0 Å². The van der Waals surface area contributed by atoms with E-state index in [1.54, 1.807) is 0 Å². The molecule has 0 radical (unpaired) electrons. The zero-order valence-electron chi connectivity index (χ0n) is 8.74. The first kappa shape index (κ1) is 10.2. The molecule has 3 nitrogen and oxygen atoms in total. The average molecular weight is 222 g/mol. The summed E-state index contributed by atoms with van der Waals surface area (Å²) in [5.74, 6) is 2.03. The van der Waals surface area contributed by atoms with E-state index < -0.39 is 0 Å². The molecule has 0 fully saturated rings. The van der Waals surface area contributed by atoms with E-state index in [0.29, 0.717) is 5.88 Å². The summed E-state index contributed by atoms with van der Waals surface area (Å²) in [6.45, 7) is 2.06. The van der Waals surface area contributed by atoms with Gasteiger partial charge in [0.25, 0.3) is 0 Å². The minimum Gasteiger partial charge on any atom is -0.313 e. The molecule has 1 aromatic carbocycles. The minimum atomic E-state index is 0.384. The summed E-state index contributed by atoms with van der Waals surface area (Å²) in [5, 5.41) is 8.15. The molecule has 2 rings (SSSR count). The predicted octanol–water partition coefficient (Wildman–Crippen LogP) is 2.53. The highest BCUT2D eigenvalue weighted by Gasteiger charge is 2.09. The van der Waals surface area contributed by atoms with Gasteiger partial charge in [0.1, 0.15) is 5.82 Å². The maximum Gasteiger partial charge on any atom is 0.163 e. The molecule has 0 amide bonds. The summed E-state index contributed by atoms with van der Waals surface area (Å²) in [6.07, 6.45) is 0. The summed E-state index contributed by atoms with van der Waals surface area (Å²) in [7, 11) is 1.93. The highest BCUT2D eigenvalue weighted by Crippen LogP contribution is 2.18. The molecule has 0 saturated heterocycles. The molecule has 78 valence electrons. The van der Waals surface area contributed by atoms with E-state index in [1.807, 2.05) is 23.7 Å². The first-order valence-corrected chi connectivity index (χ1v) is 5.27. The average Bonchev–Trinajstić information content (AvgIpc) is 2.59. The Bertz CT molecular complexity index is 476. The molecule has 0 saturated carbocycles. The van der Waals surface area contributed by atoms with Crippen LogP contribution < -0.4 is 0 Å². The van der Waals surface area contributed by atoms with E-state index >= 15 is 0 Å². The van der Waals surface area contributed by atoms with Gasteiger partial charge in [0, 0.05) is 12.6 Å². The highest BCUT2D eigenvalue weighted by atomic mass is 35.5. The third-order valence-electron chi connectivity index (χ3n) is 2.36. The minimum absolute atomic E-state index is 0.384. The van der Waals surface area contributed by atoms with Gasteiger partial charge in [-0.1, -0.05) is 23.8 Å². The molecule has 1 heterocycles. The van der Waals surface area contributed by atoms with Crippen LogP contribution in [0, 0.1) is 6.92 Å². The van der Waals surface area contributed by atoms with E-state index in [0.717, 1.165) is 17.2 Å². The van der Waals surface area contributed by atoms with Crippen molar-refractivity contribution in [1.29, 1.82) is 0 Å². The first-order chi connectivity index (χ1) is 7.22. The summed E-state index contributed by atoms with van der Waals surface area (Å²) in [5.41, 5.74) is 2.28. The van der Waals surface area contributed by atoms with Crippen LogP contribution in [0.25, 0.3) is 11.4 Å². The van der Waals surface area contributed by atoms with Gasteiger partial charge in [0.2, 0.25) is 0 Å². The summed E-state index contributed by atoms with van der Waals surface area (Å²) in [4.78, 5) is 0. The van der Waals surface area contributed by atoms with E-state index in [4.69, 9.17) is 11.6 Å². The fourth-order valence-corrected chi connectivity index (χ4v) is 1.75. The quantitative estimate of drug-likeness (QED) is 0.730. The lowest BCUT2D eigenvalue weighted by molar-refractivity contribution is 0.853. The van der Waals surface area contributed by atoms with Crippen molar-refractivity contribution in [3.8, 4) is 11.4 Å². The molecule has 0 spiro atoms. The Morgan fingerprint density at radius 2 is 2.13 bits per heavy atom. The predicted molar refractivity (Wildman–Crippen MR) is 60.7 cm³/mol. The lowest BCUT2D eigenvalue weighted by Gasteiger charge is -2.02. The molecule has 0 aliphatic heterocycles. The summed E-state index contributed by atoms with van der Waals surface area (Å²) in [6, 6.07) is 8.18. The molecule has 4 heteroatoms. The smallest absolute Gasteiger partial charge is 0.163 e. The fourth-order valence-electron chi connectivity index (χ4n) is 1.51. The third kappa shape index (κ3) is 1.88. The van der Waals surface area contributed by atoms with Gasteiger partial charge in [-0.3, -0.25) is 0 Å². The molecule has 0 aliphatic rings. The molecule has 0 aliphatic carbocycles. The molecule has 0 N–H and O–H groups in total. The number of hydrogen-bond donors (Lipinski definition) is 0. The van der Waals surface area contributed by atoms with Crippen LogP contribution in [-0.4, -0.2) is 14.8 Å². The van der Waals surface area contributed by atoms with Crippen LogP contribution in [-0.2, 0) is 12.9 Å². The Labute approximate surface area is 93.7 Å². The Morgan fingerprint density at radius 1 is 1.33 bits per heavy atom. The fraction of sp³-hybridized carbons (Fsp3) is 0.273. The Kier molecular flexibility index (Phi) is 2.73. The lowest BCUT2D eigenvalue weighted by Crippen LogP contribution is -1.97. The lowest BCUT2D eigenvalue weighted by atomic mass is 10.1. The van der Waals surface area contributed by atoms with Crippen molar-refractivity contribution in [2.75, 3.05) is 0 Å². The molecular weight excluding hydrogens is 210 g/mol.